The molecule has 0 aliphatic carbocycles. The molecule has 0 aliphatic heterocycles. The van der Waals surface area contributed by atoms with Crippen LogP contribution in [-0.2, 0) is 6.18 Å². The summed E-state index contributed by atoms with van der Waals surface area (Å²) in [6.07, 6.45) is -4.32. The van der Waals surface area contributed by atoms with E-state index in [2.05, 4.69) is 0 Å². The van der Waals surface area contributed by atoms with Crippen molar-refractivity contribution in [1.82, 2.24) is 4.98 Å². The molecule has 4 nitrogen and oxygen atoms in total. The third-order valence-corrected chi connectivity index (χ3v) is 1.75. The molecule has 0 aliphatic rings. The van der Waals surface area contributed by atoms with E-state index in [1.807, 2.05) is 4.98 Å². The Kier molecular flexibility index (Phi) is 2.57. The molecule has 0 saturated carbocycles. The smallest absolute Gasteiger partial charge is 0.418 e. The summed E-state index contributed by atoms with van der Waals surface area (Å²) in [5, 5.41) is 8.58. The van der Waals surface area contributed by atoms with E-state index in [4.69, 9.17) is 5.11 Å². The molecule has 1 aromatic rings. The molecule has 1 heterocycles. The average Bonchev–Trinajstić information content (AvgIpc) is 2.45. The highest BCUT2D eigenvalue weighted by atomic mass is 19.4. The van der Waals surface area contributed by atoms with Gasteiger partial charge >= 0.3 is 12.1 Å². The Morgan fingerprint density at radius 1 is 1.40 bits per heavy atom. The lowest BCUT2D eigenvalue weighted by Gasteiger charge is -2.05. The highest BCUT2D eigenvalue weighted by Crippen LogP contribution is 2.33. The lowest BCUT2D eigenvalue weighted by Crippen LogP contribution is -2.13. The SMILES string of the molecule is CC(=O)c1[nH]cc(C(F)(F)F)c1C(=O)O. The summed E-state index contributed by atoms with van der Waals surface area (Å²) in [5.74, 6) is -2.54. The Balaban J connectivity index is 3.44. The molecule has 15 heavy (non-hydrogen) atoms. The third-order valence-electron chi connectivity index (χ3n) is 1.75. The summed E-state index contributed by atoms with van der Waals surface area (Å²) in [4.78, 5) is 23.4. The average molecular weight is 221 g/mol. The second-order valence-corrected chi connectivity index (χ2v) is 2.81. The Bertz CT molecular complexity index is 419. The standard InChI is InChI=1S/C8H6F3NO3/c1-3(13)6-5(7(14)15)4(2-12-6)8(9,10)11/h2,12H,1H3,(H,14,15). The Labute approximate surface area is 81.7 Å². The molecule has 0 bridgehead atoms. The zero-order valence-electron chi connectivity index (χ0n) is 7.47. The van der Waals surface area contributed by atoms with Crippen molar-refractivity contribution in [1.29, 1.82) is 0 Å². The van der Waals surface area contributed by atoms with Crippen molar-refractivity contribution in [2.75, 3.05) is 0 Å². The van der Waals surface area contributed by atoms with Crippen molar-refractivity contribution in [3.63, 3.8) is 0 Å². The molecule has 0 atom stereocenters. The maximum atomic E-state index is 12.3. The van der Waals surface area contributed by atoms with Crippen LogP contribution in [0.5, 0.6) is 0 Å². The summed E-state index contributed by atoms with van der Waals surface area (Å²) in [5.41, 5.74) is -2.93. The van der Waals surface area contributed by atoms with E-state index in [9.17, 15) is 22.8 Å². The quantitative estimate of drug-likeness (QED) is 0.749. The van der Waals surface area contributed by atoms with Crippen molar-refractivity contribution in [2.45, 2.75) is 13.1 Å². The second kappa shape index (κ2) is 3.41. The van der Waals surface area contributed by atoms with Crippen molar-refractivity contribution in [3.05, 3.63) is 23.0 Å². The normalized spacial score (nSPS) is 11.5. The first-order valence-electron chi connectivity index (χ1n) is 3.78. The maximum Gasteiger partial charge on any atom is 0.418 e. The largest absolute Gasteiger partial charge is 0.478 e. The van der Waals surface area contributed by atoms with Crippen LogP contribution in [0.3, 0.4) is 0 Å². The molecule has 0 saturated heterocycles. The first kappa shape index (κ1) is 11.3. The molecule has 0 spiro atoms. The van der Waals surface area contributed by atoms with Gasteiger partial charge in [0.25, 0.3) is 0 Å². The first-order chi connectivity index (χ1) is 6.75. The fraction of sp³-hybridized carbons (Fsp3) is 0.250. The van der Waals surface area contributed by atoms with E-state index in [-0.39, 0.29) is 0 Å². The maximum absolute atomic E-state index is 12.3. The number of H-pyrrole nitrogens is 1. The summed E-state index contributed by atoms with van der Waals surface area (Å²) < 4.78 is 36.9. The second-order valence-electron chi connectivity index (χ2n) is 2.81. The van der Waals surface area contributed by atoms with Crippen LogP contribution in [0.15, 0.2) is 6.20 Å². The number of ketones is 1. The topological polar surface area (TPSA) is 70.2 Å². The van der Waals surface area contributed by atoms with Gasteiger partial charge in [-0.3, -0.25) is 4.79 Å². The van der Waals surface area contributed by atoms with Crippen LogP contribution in [0.1, 0.15) is 33.3 Å². The Hall–Kier alpha value is -1.79. The van der Waals surface area contributed by atoms with Crippen LogP contribution in [0.25, 0.3) is 0 Å². The fourth-order valence-corrected chi connectivity index (χ4v) is 1.15. The number of carbonyl (C=O) groups excluding carboxylic acids is 1. The number of nitrogens with one attached hydrogen (secondary N) is 1. The van der Waals surface area contributed by atoms with Crippen molar-refractivity contribution < 1.29 is 27.9 Å². The minimum Gasteiger partial charge on any atom is -0.478 e. The molecule has 0 aromatic carbocycles. The van der Waals surface area contributed by atoms with Crippen LogP contribution in [0, 0.1) is 0 Å². The lowest BCUT2D eigenvalue weighted by molar-refractivity contribution is -0.138. The van der Waals surface area contributed by atoms with Gasteiger partial charge in [-0.15, -0.1) is 0 Å². The lowest BCUT2D eigenvalue weighted by atomic mass is 10.1. The predicted molar refractivity (Wildman–Crippen MR) is 42.8 cm³/mol. The number of aromatic amines is 1. The first-order valence-corrected chi connectivity index (χ1v) is 3.78. The van der Waals surface area contributed by atoms with Gasteiger partial charge in [-0.1, -0.05) is 0 Å². The van der Waals surface area contributed by atoms with Gasteiger partial charge in [0.05, 0.1) is 11.3 Å². The number of hydrogen-bond donors (Lipinski definition) is 2. The number of aromatic nitrogens is 1. The number of alkyl halides is 3. The monoisotopic (exact) mass is 221 g/mol. The van der Waals surface area contributed by atoms with Crippen LogP contribution in [0.2, 0.25) is 0 Å². The fourth-order valence-electron chi connectivity index (χ4n) is 1.15. The number of rotatable bonds is 2. The highest BCUT2D eigenvalue weighted by molar-refractivity contribution is 6.04. The van der Waals surface area contributed by atoms with E-state index in [0.29, 0.717) is 6.20 Å². The molecule has 7 heteroatoms. The van der Waals surface area contributed by atoms with Gasteiger partial charge in [0.1, 0.15) is 5.56 Å². The molecule has 0 amide bonds. The minimum absolute atomic E-state index is 0.472. The van der Waals surface area contributed by atoms with Crippen molar-refractivity contribution in [2.24, 2.45) is 0 Å². The number of carboxylic acids is 1. The number of carbonyl (C=O) groups is 2. The van der Waals surface area contributed by atoms with Gasteiger partial charge in [-0.05, 0) is 0 Å². The Morgan fingerprint density at radius 2 is 1.93 bits per heavy atom. The number of hydrogen-bond acceptors (Lipinski definition) is 2. The summed E-state index contributed by atoms with van der Waals surface area (Å²) >= 11 is 0. The molecule has 0 radical (unpaired) electrons. The van der Waals surface area contributed by atoms with E-state index >= 15 is 0 Å². The van der Waals surface area contributed by atoms with Gasteiger partial charge < -0.3 is 10.1 Å². The molecule has 2 N–H and O–H groups in total. The predicted octanol–water partition coefficient (Wildman–Crippen LogP) is 1.93. The molecule has 1 aromatic heterocycles. The summed E-state index contributed by atoms with van der Waals surface area (Å²) in [7, 11) is 0. The van der Waals surface area contributed by atoms with E-state index in [1.165, 1.54) is 0 Å². The van der Waals surface area contributed by atoms with Crippen LogP contribution < -0.4 is 0 Å². The van der Waals surface area contributed by atoms with Gasteiger partial charge in [0, 0.05) is 13.1 Å². The van der Waals surface area contributed by atoms with Gasteiger partial charge in [-0.2, -0.15) is 13.2 Å². The summed E-state index contributed by atoms with van der Waals surface area (Å²) in [6, 6.07) is 0. The highest BCUT2D eigenvalue weighted by Gasteiger charge is 2.38. The van der Waals surface area contributed by atoms with Crippen LogP contribution in [0.4, 0.5) is 13.2 Å². The van der Waals surface area contributed by atoms with Crippen molar-refractivity contribution >= 4 is 11.8 Å². The van der Waals surface area contributed by atoms with Crippen molar-refractivity contribution in [3.8, 4) is 0 Å². The molecular formula is C8H6F3NO3. The summed E-state index contributed by atoms with van der Waals surface area (Å²) in [6.45, 7) is 0.985. The number of halogens is 3. The Morgan fingerprint density at radius 3 is 2.27 bits per heavy atom. The van der Waals surface area contributed by atoms with Crippen LogP contribution >= 0.6 is 0 Å². The third kappa shape index (κ3) is 2.00. The van der Waals surface area contributed by atoms with Gasteiger partial charge in [0.2, 0.25) is 0 Å². The molecule has 0 fully saturated rings. The molecule has 0 unspecified atom stereocenters. The minimum atomic E-state index is -4.79. The number of aromatic carboxylic acids is 1. The van der Waals surface area contributed by atoms with Crippen LogP contribution in [-0.4, -0.2) is 21.8 Å². The zero-order chi connectivity index (χ0) is 11.8. The van der Waals surface area contributed by atoms with E-state index in [0.717, 1.165) is 6.92 Å². The molecular weight excluding hydrogens is 215 g/mol. The van der Waals surface area contributed by atoms with E-state index < -0.39 is 34.7 Å². The van der Waals surface area contributed by atoms with Gasteiger partial charge in [0.15, 0.2) is 5.78 Å². The van der Waals surface area contributed by atoms with Gasteiger partial charge in [-0.25, -0.2) is 4.79 Å². The number of Topliss-reactive ketones (excluding diaryl/α,β-unsaturated/α-hetero) is 1. The molecule has 1 rings (SSSR count). The number of carboxylic acid groups (broad SMARTS) is 1. The van der Waals surface area contributed by atoms with E-state index in [1.54, 1.807) is 0 Å². The zero-order valence-corrected chi connectivity index (χ0v) is 7.47. The molecule has 82 valence electrons.